The first-order chi connectivity index (χ1) is 9.78. The van der Waals surface area contributed by atoms with Crippen LogP contribution >= 0.6 is 0 Å². The van der Waals surface area contributed by atoms with Crippen molar-refractivity contribution in [2.75, 3.05) is 25.0 Å². The predicted molar refractivity (Wildman–Crippen MR) is 68.6 cm³/mol. The van der Waals surface area contributed by atoms with Crippen molar-refractivity contribution in [3.8, 4) is 0 Å². The maximum absolute atomic E-state index is 12.0. The second-order valence-electron chi connectivity index (χ2n) is 4.45. The van der Waals surface area contributed by atoms with Crippen LogP contribution in [0.2, 0.25) is 0 Å². The molecule has 0 saturated heterocycles. The van der Waals surface area contributed by atoms with E-state index in [2.05, 4.69) is 15.1 Å². The third-order valence-electron chi connectivity index (χ3n) is 2.74. The fourth-order valence-corrected chi connectivity index (χ4v) is 1.80. The van der Waals surface area contributed by atoms with E-state index in [-0.39, 0.29) is 6.54 Å². The maximum Gasteiger partial charge on any atom is 0.405 e. The topological polar surface area (TPSA) is 75.9 Å². The molecular weight excluding hydrogens is 289 g/mol. The molecule has 0 atom stereocenters. The van der Waals surface area contributed by atoms with Crippen LogP contribution in [0.5, 0.6) is 0 Å². The Morgan fingerprint density at radius 1 is 1.43 bits per heavy atom. The van der Waals surface area contributed by atoms with Crippen molar-refractivity contribution in [2.24, 2.45) is 7.05 Å². The molecule has 2 rings (SSSR count). The lowest BCUT2D eigenvalue weighted by Gasteiger charge is -2.18. The molecule has 0 aliphatic rings. The number of aromatic nitrogens is 4. The second kappa shape index (κ2) is 5.54. The van der Waals surface area contributed by atoms with Crippen LogP contribution in [0.4, 0.5) is 19.0 Å². The van der Waals surface area contributed by atoms with E-state index in [0.29, 0.717) is 16.9 Å². The first-order valence-corrected chi connectivity index (χ1v) is 5.95. The van der Waals surface area contributed by atoms with Gasteiger partial charge in [0, 0.05) is 14.1 Å². The zero-order valence-corrected chi connectivity index (χ0v) is 11.3. The number of halogens is 3. The van der Waals surface area contributed by atoms with Crippen LogP contribution in [0.25, 0.3) is 11.0 Å². The van der Waals surface area contributed by atoms with Gasteiger partial charge in [0.05, 0.1) is 18.1 Å². The predicted octanol–water partition coefficient (Wildman–Crippen LogP) is 0.478. The van der Waals surface area contributed by atoms with Crippen molar-refractivity contribution in [2.45, 2.75) is 6.18 Å². The Hall–Kier alpha value is -2.39. The van der Waals surface area contributed by atoms with E-state index < -0.39 is 18.6 Å². The van der Waals surface area contributed by atoms with Crippen molar-refractivity contribution in [3.05, 3.63) is 12.5 Å². The summed E-state index contributed by atoms with van der Waals surface area (Å²) in [5, 5.41) is 6.45. The molecule has 0 radical (unpaired) electrons. The van der Waals surface area contributed by atoms with E-state index in [1.165, 1.54) is 22.1 Å². The monoisotopic (exact) mass is 302 g/mol. The second-order valence-corrected chi connectivity index (χ2v) is 4.45. The molecule has 114 valence electrons. The van der Waals surface area contributed by atoms with Gasteiger partial charge < -0.3 is 10.2 Å². The third kappa shape index (κ3) is 3.58. The molecule has 1 amide bonds. The molecule has 0 aliphatic heterocycles. The Balaban J connectivity index is 2.09. The highest BCUT2D eigenvalue weighted by Crippen LogP contribution is 2.20. The lowest BCUT2D eigenvalue weighted by Crippen LogP contribution is -2.40. The van der Waals surface area contributed by atoms with Crippen LogP contribution in [0.15, 0.2) is 12.5 Å². The molecule has 21 heavy (non-hydrogen) atoms. The average molecular weight is 302 g/mol. The van der Waals surface area contributed by atoms with Crippen molar-refractivity contribution >= 4 is 22.8 Å². The quantitative estimate of drug-likeness (QED) is 0.889. The zero-order chi connectivity index (χ0) is 15.6. The van der Waals surface area contributed by atoms with Gasteiger partial charge in [-0.25, -0.2) is 9.97 Å². The molecule has 1 N–H and O–H groups in total. The van der Waals surface area contributed by atoms with E-state index in [1.807, 2.05) is 0 Å². The normalized spacial score (nSPS) is 11.7. The standard InChI is InChI=1S/C11H13F3N6O/c1-19(4-8(21)15-5-11(12,13)14)9-7-3-18-20(2)10(7)17-6-16-9/h3,6H,4-5H2,1-2H3,(H,15,21). The van der Waals surface area contributed by atoms with Gasteiger partial charge in [0.25, 0.3) is 0 Å². The molecule has 2 aromatic rings. The minimum absolute atomic E-state index is 0.253. The number of hydrogen-bond acceptors (Lipinski definition) is 5. The van der Waals surface area contributed by atoms with E-state index in [0.717, 1.165) is 0 Å². The summed E-state index contributed by atoms with van der Waals surface area (Å²) in [6, 6.07) is 0. The summed E-state index contributed by atoms with van der Waals surface area (Å²) in [4.78, 5) is 21.0. The van der Waals surface area contributed by atoms with Crippen LogP contribution < -0.4 is 10.2 Å². The summed E-state index contributed by atoms with van der Waals surface area (Å²) in [6.45, 7) is -1.61. The van der Waals surface area contributed by atoms with E-state index in [4.69, 9.17) is 0 Å². The van der Waals surface area contributed by atoms with Gasteiger partial charge >= 0.3 is 6.18 Å². The number of aryl methyl sites for hydroxylation is 1. The Kier molecular flexibility index (Phi) is 3.96. The lowest BCUT2D eigenvalue weighted by atomic mass is 10.3. The Morgan fingerprint density at radius 2 is 2.14 bits per heavy atom. The van der Waals surface area contributed by atoms with Crippen molar-refractivity contribution < 1.29 is 18.0 Å². The number of carbonyl (C=O) groups excluding carboxylic acids is 1. The van der Waals surface area contributed by atoms with E-state index in [9.17, 15) is 18.0 Å². The Bertz CT molecular complexity index is 653. The molecule has 0 aliphatic carbocycles. The molecular formula is C11H13F3N6O. The molecule has 7 nitrogen and oxygen atoms in total. The van der Waals surface area contributed by atoms with E-state index in [1.54, 1.807) is 19.4 Å². The number of fused-ring (bicyclic) bond motifs is 1. The zero-order valence-electron chi connectivity index (χ0n) is 11.3. The van der Waals surface area contributed by atoms with Gasteiger partial charge in [0.15, 0.2) is 5.65 Å². The summed E-state index contributed by atoms with van der Waals surface area (Å²) >= 11 is 0. The van der Waals surface area contributed by atoms with Crippen LogP contribution in [-0.4, -0.2) is 52.0 Å². The molecule has 2 heterocycles. The minimum atomic E-state index is -4.43. The largest absolute Gasteiger partial charge is 0.405 e. The summed E-state index contributed by atoms with van der Waals surface area (Å²) < 4.78 is 37.6. The molecule has 10 heteroatoms. The van der Waals surface area contributed by atoms with Gasteiger partial charge in [-0.2, -0.15) is 18.3 Å². The van der Waals surface area contributed by atoms with Crippen LogP contribution in [0, 0.1) is 0 Å². The van der Waals surface area contributed by atoms with Crippen LogP contribution in [0.1, 0.15) is 0 Å². The van der Waals surface area contributed by atoms with Crippen LogP contribution in [-0.2, 0) is 11.8 Å². The number of alkyl halides is 3. The molecule has 0 spiro atoms. The third-order valence-corrected chi connectivity index (χ3v) is 2.74. The molecule has 0 aromatic carbocycles. The summed E-state index contributed by atoms with van der Waals surface area (Å²) in [7, 11) is 3.26. The molecule has 0 bridgehead atoms. The number of anilines is 1. The first kappa shape index (κ1) is 15.0. The van der Waals surface area contributed by atoms with Gasteiger partial charge in [-0.15, -0.1) is 0 Å². The number of carbonyl (C=O) groups is 1. The fourth-order valence-electron chi connectivity index (χ4n) is 1.80. The Labute approximate surface area is 117 Å². The van der Waals surface area contributed by atoms with Crippen molar-refractivity contribution in [3.63, 3.8) is 0 Å². The van der Waals surface area contributed by atoms with Gasteiger partial charge in [-0.3, -0.25) is 9.48 Å². The summed E-state index contributed by atoms with van der Waals surface area (Å²) in [6.07, 6.45) is -1.59. The minimum Gasteiger partial charge on any atom is -0.350 e. The number of amides is 1. The molecule has 0 unspecified atom stereocenters. The fraction of sp³-hybridized carbons (Fsp3) is 0.455. The highest BCUT2D eigenvalue weighted by molar-refractivity contribution is 5.89. The van der Waals surface area contributed by atoms with Crippen molar-refractivity contribution in [1.82, 2.24) is 25.1 Å². The number of nitrogens with zero attached hydrogens (tertiary/aromatic N) is 5. The van der Waals surface area contributed by atoms with E-state index >= 15 is 0 Å². The number of likely N-dealkylation sites (N-methyl/N-ethyl adjacent to an activating group) is 1. The lowest BCUT2D eigenvalue weighted by molar-refractivity contribution is -0.137. The summed E-state index contributed by atoms with van der Waals surface area (Å²) in [5.41, 5.74) is 0.572. The SMILES string of the molecule is CN(CC(=O)NCC(F)(F)F)c1ncnc2c1cnn2C. The van der Waals surface area contributed by atoms with Gasteiger partial charge in [-0.05, 0) is 0 Å². The maximum atomic E-state index is 12.0. The first-order valence-electron chi connectivity index (χ1n) is 5.95. The van der Waals surface area contributed by atoms with Gasteiger partial charge in [0.2, 0.25) is 5.91 Å². The van der Waals surface area contributed by atoms with Gasteiger partial charge in [-0.1, -0.05) is 0 Å². The molecule has 0 fully saturated rings. The summed E-state index contributed by atoms with van der Waals surface area (Å²) in [5.74, 6) is -0.319. The number of hydrogen-bond donors (Lipinski definition) is 1. The van der Waals surface area contributed by atoms with Gasteiger partial charge in [0.1, 0.15) is 18.7 Å². The number of nitrogens with one attached hydrogen (secondary N) is 1. The smallest absolute Gasteiger partial charge is 0.350 e. The molecule has 0 saturated carbocycles. The van der Waals surface area contributed by atoms with Crippen molar-refractivity contribution in [1.29, 1.82) is 0 Å². The average Bonchev–Trinajstić information content (AvgIpc) is 2.77. The Morgan fingerprint density at radius 3 is 2.81 bits per heavy atom. The number of rotatable bonds is 4. The molecule has 2 aromatic heterocycles. The highest BCUT2D eigenvalue weighted by atomic mass is 19.4. The highest BCUT2D eigenvalue weighted by Gasteiger charge is 2.28. The van der Waals surface area contributed by atoms with Crippen LogP contribution in [0.3, 0.4) is 0 Å².